The highest BCUT2D eigenvalue weighted by atomic mass is 35.5. The zero-order valence-corrected chi connectivity index (χ0v) is 14.5. The van der Waals surface area contributed by atoms with Crippen LogP contribution < -0.4 is 0 Å². The van der Waals surface area contributed by atoms with Crippen LogP contribution in [-0.4, -0.2) is 39.6 Å². The molecule has 116 valence electrons. The van der Waals surface area contributed by atoms with Gasteiger partial charge in [0.2, 0.25) is 0 Å². The van der Waals surface area contributed by atoms with Crippen molar-refractivity contribution in [2.45, 2.75) is 25.4 Å². The summed E-state index contributed by atoms with van der Waals surface area (Å²) < 4.78 is 3.89. The summed E-state index contributed by atoms with van der Waals surface area (Å²) in [6, 6.07) is 7.01. The Morgan fingerprint density at radius 2 is 2.18 bits per heavy atom. The quantitative estimate of drug-likeness (QED) is 0.705. The third-order valence-corrected chi connectivity index (χ3v) is 5.14. The van der Waals surface area contributed by atoms with Crippen molar-refractivity contribution in [3.8, 4) is 0 Å². The van der Waals surface area contributed by atoms with Crippen LogP contribution in [0.25, 0.3) is 10.2 Å². The molecule has 0 aliphatic carbocycles. The molecule has 1 aromatic carbocycles. The first-order chi connectivity index (χ1) is 10.6. The maximum absolute atomic E-state index is 6.04. The normalized spacial score (nSPS) is 14.6. The summed E-state index contributed by atoms with van der Waals surface area (Å²) in [5.41, 5.74) is 2.22. The van der Waals surface area contributed by atoms with Crippen molar-refractivity contribution in [2.75, 3.05) is 14.1 Å². The van der Waals surface area contributed by atoms with Crippen LogP contribution in [0.2, 0.25) is 4.47 Å². The lowest BCUT2D eigenvalue weighted by atomic mass is 9.96. The molecule has 0 bridgehead atoms. The smallest absolute Gasteiger partial charge is 0.184 e. The molecule has 0 aliphatic rings. The van der Waals surface area contributed by atoms with Crippen LogP contribution in [0.15, 0.2) is 36.9 Å². The van der Waals surface area contributed by atoms with Gasteiger partial charge in [0, 0.05) is 18.4 Å². The molecule has 4 nitrogen and oxygen atoms in total. The van der Waals surface area contributed by atoms with Gasteiger partial charge in [0.05, 0.1) is 22.6 Å². The number of imidazole rings is 1. The van der Waals surface area contributed by atoms with Gasteiger partial charge in [-0.2, -0.15) is 0 Å². The number of benzene rings is 1. The number of hydrogen-bond donors (Lipinski definition) is 0. The number of halogens is 1. The minimum absolute atomic E-state index is 0.216. The molecule has 0 spiro atoms. The summed E-state index contributed by atoms with van der Waals surface area (Å²) in [6.07, 6.45) is 6.80. The van der Waals surface area contributed by atoms with Gasteiger partial charge in [0.15, 0.2) is 4.47 Å². The average Bonchev–Trinajstić information content (AvgIpc) is 3.11. The topological polar surface area (TPSA) is 34.0 Å². The van der Waals surface area contributed by atoms with E-state index in [2.05, 4.69) is 58.7 Å². The highest BCUT2D eigenvalue weighted by Crippen LogP contribution is 2.32. The van der Waals surface area contributed by atoms with Crippen molar-refractivity contribution < 1.29 is 0 Å². The summed E-state index contributed by atoms with van der Waals surface area (Å²) in [7, 11) is 4.25. The van der Waals surface area contributed by atoms with Crippen molar-refractivity contribution >= 4 is 33.2 Å². The van der Waals surface area contributed by atoms with Gasteiger partial charge in [-0.25, -0.2) is 9.97 Å². The lowest BCUT2D eigenvalue weighted by Crippen LogP contribution is -2.36. The standard InChI is InChI=1S/C16H19ClN4S/c1-4-13(20(2)3)15(21-8-7-18-10-21)11-5-6-12-14(9-11)22-16(17)19-12/h5-10,13,15H,4H2,1-3H3. The van der Waals surface area contributed by atoms with Gasteiger partial charge in [0.25, 0.3) is 0 Å². The SMILES string of the molecule is CCC(C(c1ccc2nc(Cl)sc2c1)n1ccnc1)N(C)C. The molecule has 3 rings (SSSR count). The van der Waals surface area contributed by atoms with Gasteiger partial charge in [-0.05, 0) is 38.2 Å². The zero-order valence-electron chi connectivity index (χ0n) is 12.9. The molecule has 2 aromatic heterocycles. The summed E-state index contributed by atoms with van der Waals surface area (Å²) in [5.74, 6) is 0. The third kappa shape index (κ3) is 2.89. The molecule has 0 amide bonds. The largest absolute Gasteiger partial charge is 0.328 e. The Balaban J connectivity index is 2.10. The molecule has 2 unspecified atom stereocenters. The van der Waals surface area contributed by atoms with Crippen LogP contribution in [0, 0.1) is 0 Å². The van der Waals surface area contributed by atoms with E-state index in [4.69, 9.17) is 11.6 Å². The third-order valence-electron chi connectivity index (χ3n) is 4.02. The fourth-order valence-electron chi connectivity index (χ4n) is 2.99. The van der Waals surface area contributed by atoms with Gasteiger partial charge in [-0.15, -0.1) is 11.3 Å². The molecule has 2 atom stereocenters. The number of hydrogen-bond acceptors (Lipinski definition) is 4. The first kappa shape index (κ1) is 15.5. The Labute approximate surface area is 139 Å². The second-order valence-electron chi connectivity index (χ2n) is 5.59. The fraction of sp³-hybridized carbons (Fsp3) is 0.375. The second kappa shape index (κ2) is 6.36. The molecule has 0 saturated carbocycles. The summed E-state index contributed by atoms with van der Waals surface area (Å²) in [5, 5.41) is 0. The highest BCUT2D eigenvalue weighted by Gasteiger charge is 2.25. The first-order valence-electron chi connectivity index (χ1n) is 7.30. The molecule has 0 radical (unpaired) electrons. The van der Waals surface area contributed by atoms with E-state index < -0.39 is 0 Å². The number of nitrogens with zero attached hydrogens (tertiary/aromatic N) is 4. The van der Waals surface area contributed by atoms with E-state index in [1.165, 1.54) is 16.9 Å². The van der Waals surface area contributed by atoms with E-state index >= 15 is 0 Å². The maximum atomic E-state index is 6.04. The van der Waals surface area contributed by atoms with Crippen molar-refractivity contribution in [3.63, 3.8) is 0 Å². The van der Waals surface area contributed by atoms with Gasteiger partial charge in [0.1, 0.15) is 0 Å². The fourth-order valence-corrected chi connectivity index (χ4v) is 4.07. The molecule has 2 heterocycles. The predicted octanol–water partition coefficient (Wildman–Crippen LogP) is 4.08. The van der Waals surface area contributed by atoms with Crippen LogP contribution >= 0.6 is 22.9 Å². The van der Waals surface area contributed by atoms with E-state index in [1.807, 2.05) is 18.7 Å². The molecule has 22 heavy (non-hydrogen) atoms. The minimum Gasteiger partial charge on any atom is -0.328 e. The molecular formula is C16H19ClN4S. The number of thiazole rings is 1. The summed E-state index contributed by atoms with van der Waals surface area (Å²) in [6.45, 7) is 2.22. The van der Waals surface area contributed by atoms with Crippen molar-refractivity contribution in [1.82, 2.24) is 19.4 Å². The molecule has 0 saturated heterocycles. The predicted molar refractivity (Wildman–Crippen MR) is 92.8 cm³/mol. The van der Waals surface area contributed by atoms with E-state index in [0.717, 1.165) is 16.6 Å². The van der Waals surface area contributed by atoms with Gasteiger partial charge in [-0.1, -0.05) is 24.6 Å². The Bertz CT molecular complexity index is 751. The monoisotopic (exact) mass is 334 g/mol. The van der Waals surface area contributed by atoms with E-state index in [0.29, 0.717) is 10.5 Å². The van der Waals surface area contributed by atoms with Crippen LogP contribution in [0.4, 0.5) is 0 Å². The number of aromatic nitrogens is 3. The molecule has 3 aromatic rings. The van der Waals surface area contributed by atoms with Crippen molar-refractivity contribution in [3.05, 3.63) is 47.0 Å². The van der Waals surface area contributed by atoms with Crippen molar-refractivity contribution in [2.24, 2.45) is 0 Å². The number of likely N-dealkylation sites (N-methyl/N-ethyl adjacent to an activating group) is 1. The maximum Gasteiger partial charge on any atom is 0.184 e. The average molecular weight is 335 g/mol. The highest BCUT2D eigenvalue weighted by molar-refractivity contribution is 7.22. The molecule has 0 aliphatic heterocycles. The van der Waals surface area contributed by atoms with Crippen LogP contribution in [-0.2, 0) is 0 Å². The second-order valence-corrected chi connectivity index (χ2v) is 7.20. The lowest BCUT2D eigenvalue weighted by molar-refractivity contribution is 0.227. The number of rotatable bonds is 5. The summed E-state index contributed by atoms with van der Waals surface area (Å²) in [4.78, 5) is 10.8. The van der Waals surface area contributed by atoms with Crippen LogP contribution in [0.5, 0.6) is 0 Å². The molecule has 6 heteroatoms. The summed E-state index contributed by atoms with van der Waals surface area (Å²) >= 11 is 7.56. The Morgan fingerprint density at radius 3 is 2.82 bits per heavy atom. The van der Waals surface area contributed by atoms with Crippen LogP contribution in [0.3, 0.4) is 0 Å². The Kier molecular flexibility index (Phi) is 4.47. The van der Waals surface area contributed by atoms with E-state index in [9.17, 15) is 0 Å². The van der Waals surface area contributed by atoms with Gasteiger partial charge in [-0.3, -0.25) is 0 Å². The van der Waals surface area contributed by atoms with Crippen molar-refractivity contribution in [1.29, 1.82) is 0 Å². The Morgan fingerprint density at radius 1 is 1.36 bits per heavy atom. The molecular weight excluding hydrogens is 316 g/mol. The molecule has 0 fully saturated rings. The van der Waals surface area contributed by atoms with Gasteiger partial charge < -0.3 is 9.47 Å². The molecule has 0 N–H and O–H groups in total. The number of fused-ring (bicyclic) bond motifs is 1. The minimum atomic E-state index is 0.216. The Hall–Kier alpha value is -1.43. The lowest BCUT2D eigenvalue weighted by Gasteiger charge is -2.33. The van der Waals surface area contributed by atoms with E-state index in [1.54, 1.807) is 0 Å². The van der Waals surface area contributed by atoms with Gasteiger partial charge >= 0.3 is 0 Å². The first-order valence-corrected chi connectivity index (χ1v) is 8.49. The van der Waals surface area contributed by atoms with Crippen LogP contribution in [0.1, 0.15) is 24.9 Å². The zero-order chi connectivity index (χ0) is 15.7. The van der Waals surface area contributed by atoms with E-state index in [-0.39, 0.29) is 6.04 Å².